The molecule has 1 saturated heterocycles. The first-order chi connectivity index (χ1) is 17.5. The van der Waals surface area contributed by atoms with Gasteiger partial charge in [0.25, 0.3) is 0 Å². The summed E-state index contributed by atoms with van der Waals surface area (Å²) in [6, 6.07) is 20.7. The van der Waals surface area contributed by atoms with E-state index in [4.69, 9.17) is 4.74 Å². The van der Waals surface area contributed by atoms with Gasteiger partial charge in [0, 0.05) is 35.1 Å². The Hall–Kier alpha value is -4.13. The van der Waals surface area contributed by atoms with E-state index in [2.05, 4.69) is 11.1 Å². The lowest BCUT2D eigenvalue weighted by Gasteiger charge is -2.47. The first kappa shape index (κ1) is 22.3. The Kier molecular flexibility index (Phi) is 5.48. The van der Waals surface area contributed by atoms with Crippen LogP contribution in [0, 0.1) is 5.82 Å². The van der Waals surface area contributed by atoms with Crippen molar-refractivity contribution in [2.45, 2.75) is 32.0 Å². The standard InChI is InChI=1S/C29H26FN3O3/c1-2-36-25-10-6-4-8-21(25)28-27-22(20-7-3-5-9-23(20)31-27)15-24-29(35)32(17-26(34)33(24)28)16-18-11-13-19(30)14-12-18/h3-14,24,28,31H,2,15-17H2,1H3/t24-,28+/m0/s1. The van der Waals surface area contributed by atoms with E-state index in [0.29, 0.717) is 18.8 Å². The molecule has 4 aromatic rings. The highest BCUT2D eigenvalue weighted by atomic mass is 19.1. The third-order valence-electron chi connectivity index (χ3n) is 7.14. The molecular weight excluding hydrogens is 457 g/mol. The Morgan fingerprint density at radius 1 is 1.00 bits per heavy atom. The Labute approximate surface area is 208 Å². The molecule has 0 saturated carbocycles. The van der Waals surface area contributed by atoms with E-state index in [1.54, 1.807) is 21.9 Å². The summed E-state index contributed by atoms with van der Waals surface area (Å²) in [6.07, 6.45) is 0.428. The Morgan fingerprint density at radius 3 is 2.56 bits per heavy atom. The molecule has 182 valence electrons. The number of para-hydroxylation sites is 2. The smallest absolute Gasteiger partial charge is 0.246 e. The van der Waals surface area contributed by atoms with Gasteiger partial charge in [-0.1, -0.05) is 48.5 Å². The lowest BCUT2D eigenvalue weighted by Crippen LogP contribution is -2.62. The first-order valence-corrected chi connectivity index (χ1v) is 12.2. The number of aromatic nitrogens is 1. The highest BCUT2D eigenvalue weighted by Gasteiger charge is 2.48. The largest absolute Gasteiger partial charge is 0.494 e. The molecule has 2 aliphatic rings. The predicted octanol–water partition coefficient (Wildman–Crippen LogP) is 4.59. The van der Waals surface area contributed by atoms with Gasteiger partial charge in [-0.2, -0.15) is 0 Å². The molecule has 6 rings (SSSR count). The van der Waals surface area contributed by atoms with Gasteiger partial charge < -0.3 is 19.5 Å². The molecule has 2 amide bonds. The van der Waals surface area contributed by atoms with E-state index in [-0.39, 0.29) is 30.7 Å². The summed E-state index contributed by atoms with van der Waals surface area (Å²) in [5.74, 6) is 0.140. The first-order valence-electron chi connectivity index (χ1n) is 12.2. The fourth-order valence-electron chi connectivity index (χ4n) is 5.59. The molecule has 0 radical (unpaired) electrons. The van der Waals surface area contributed by atoms with Crippen LogP contribution < -0.4 is 4.74 Å². The number of carbonyl (C=O) groups is 2. The number of amides is 2. The number of ether oxygens (including phenoxy) is 1. The van der Waals surface area contributed by atoms with E-state index < -0.39 is 12.1 Å². The predicted molar refractivity (Wildman–Crippen MR) is 134 cm³/mol. The number of halogens is 1. The van der Waals surface area contributed by atoms with Gasteiger partial charge in [-0.05, 0) is 42.3 Å². The van der Waals surface area contributed by atoms with Crippen LogP contribution in [0.25, 0.3) is 10.9 Å². The molecule has 6 nitrogen and oxygen atoms in total. The Balaban J connectivity index is 1.46. The van der Waals surface area contributed by atoms with E-state index in [0.717, 1.165) is 33.3 Å². The van der Waals surface area contributed by atoms with Crippen LogP contribution in [-0.4, -0.2) is 45.8 Å². The molecule has 2 aliphatic heterocycles. The van der Waals surface area contributed by atoms with Gasteiger partial charge in [-0.25, -0.2) is 4.39 Å². The normalized spacial score (nSPS) is 19.4. The third kappa shape index (κ3) is 3.63. The molecule has 3 heterocycles. The van der Waals surface area contributed by atoms with Crippen molar-refractivity contribution in [2.24, 2.45) is 0 Å². The number of carbonyl (C=O) groups excluding carboxylic acids is 2. The maximum Gasteiger partial charge on any atom is 0.246 e. The molecule has 1 fully saturated rings. The molecule has 1 aromatic heterocycles. The van der Waals surface area contributed by atoms with Crippen LogP contribution >= 0.6 is 0 Å². The maximum atomic E-state index is 13.8. The average Bonchev–Trinajstić information content (AvgIpc) is 3.26. The van der Waals surface area contributed by atoms with Gasteiger partial charge in [-0.15, -0.1) is 0 Å². The fraction of sp³-hybridized carbons (Fsp3) is 0.241. The van der Waals surface area contributed by atoms with Gasteiger partial charge in [0.05, 0.1) is 6.61 Å². The van der Waals surface area contributed by atoms with Crippen LogP contribution in [0.15, 0.2) is 72.8 Å². The summed E-state index contributed by atoms with van der Waals surface area (Å²) < 4.78 is 19.4. The number of H-pyrrole nitrogens is 1. The highest BCUT2D eigenvalue weighted by Crippen LogP contribution is 2.45. The summed E-state index contributed by atoms with van der Waals surface area (Å²) in [5.41, 5.74) is 4.59. The van der Waals surface area contributed by atoms with Crippen molar-refractivity contribution in [3.8, 4) is 5.75 Å². The topological polar surface area (TPSA) is 65.6 Å². The van der Waals surface area contributed by atoms with Crippen molar-refractivity contribution in [3.63, 3.8) is 0 Å². The van der Waals surface area contributed by atoms with Crippen molar-refractivity contribution in [1.29, 1.82) is 0 Å². The summed E-state index contributed by atoms with van der Waals surface area (Å²) >= 11 is 0. The lowest BCUT2D eigenvalue weighted by atomic mass is 9.85. The Bertz CT molecular complexity index is 1460. The number of fused-ring (bicyclic) bond motifs is 4. The summed E-state index contributed by atoms with van der Waals surface area (Å²) in [7, 11) is 0. The molecule has 7 heteroatoms. The second-order valence-electron chi connectivity index (χ2n) is 9.28. The number of aromatic amines is 1. The van der Waals surface area contributed by atoms with Crippen LogP contribution in [0.1, 0.15) is 35.3 Å². The SMILES string of the molecule is CCOc1ccccc1[C@@H]1c2[nH]c3ccccc3c2C[C@H]2C(=O)N(Cc3ccc(F)cc3)CC(=O)N12. The monoisotopic (exact) mass is 483 g/mol. The minimum Gasteiger partial charge on any atom is -0.494 e. The zero-order valence-electron chi connectivity index (χ0n) is 19.9. The number of nitrogens with zero attached hydrogens (tertiary/aromatic N) is 2. The summed E-state index contributed by atoms with van der Waals surface area (Å²) in [5, 5.41) is 1.06. The minimum absolute atomic E-state index is 0.0322. The minimum atomic E-state index is -0.641. The molecule has 1 N–H and O–H groups in total. The molecule has 36 heavy (non-hydrogen) atoms. The molecule has 3 aromatic carbocycles. The van der Waals surface area contributed by atoms with Crippen molar-refractivity contribution in [3.05, 3.63) is 101 Å². The molecular formula is C29H26FN3O3. The summed E-state index contributed by atoms with van der Waals surface area (Å²) in [4.78, 5) is 34.4. The van der Waals surface area contributed by atoms with E-state index >= 15 is 0 Å². The number of rotatable bonds is 5. The average molecular weight is 484 g/mol. The van der Waals surface area contributed by atoms with Gasteiger partial charge in [0.2, 0.25) is 11.8 Å². The second-order valence-corrected chi connectivity index (χ2v) is 9.28. The third-order valence-corrected chi connectivity index (χ3v) is 7.14. The molecule has 0 bridgehead atoms. The van der Waals surface area contributed by atoms with E-state index in [1.807, 2.05) is 49.4 Å². The van der Waals surface area contributed by atoms with Crippen LogP contribution in [-0.2, 0) is 22.6 Å². The van der Waals surface area contributed by atoms with E-state index in [1.165, 1.54) is 12.1 Å². The number of piperazine rings is 1. The number of benzene rings is 3. The van der Waals surface area contributed by atoms with Gasteiger partial charge >= 0.3 is 0 Å². The zero-order chi connectivity index (χ0) is 24.8. The lowest BCUT2D eigenvalue weighted by molar-refractivity contribution is -0.159. The van der Waals surface area contributed by atoms with Gasteiger partial charge in [-0.3, -0.25) is 9.59 Å². The zero-order valence-corrected chi connectivity index (χ0v) is 19.9. The number of hydrogen-bond acceptors (Lipinski definition) is 3. The Morgan fingerprint density at radius 2 is 1.75 bits per heavy atom. The quantitative estimate of drug-likeness (QED) is 0.452. The van der Waals surface area contributed by atoms with Crippen LogP contribution in [0.3, 0.4) is 0 Å². The molecule has 0 unspecified atom stereocenters. The fourth-order valence-corrected chi connectivity index (χ4v) is 5.59. The van der Waals surface area contributed by atoms with Crippen LogP contribution in [0.5, 0.6) is 5.75 Å². The number of nitrogens with one attached hydrogen (secondary N) is 1. The van der Waals surface area contributed by atoms with Gasteiger partial charge in [0.1, 0.15) is 30.2 Å². The van der Waals surface area contributed by atoms with Gasteiger partial charge in [0.15, 0.2) is 0 Å². The van der Waals surface area contributed by atoms with Crippen molar-refractivity contribution in [2.75, 3.05) is 13.2 Å². The second kappa shape index (κ2) is 8.82. The van der Waals surface area contributed by atoms with Crippen LogP contribution in [0.2, 0.25) is 0 Å². The maximum absolute atomic E-state index is 13.8. The van der Waals surface area contributed by atoms with Crippen molar-refractivity contribution < 1.29 is 18.7 Å². The number of hydrogen-bond donors (Lipinski definition) is 1. The van der Waals surface area contributed by atoms with Crippen molar-refractivity contribution >= 4 is 22.7 Å². The van der Waals surface area contributed by atoms with E-state index in [9.17, 15) is 14.0 Å². The molecule has 0 aliphatic carbocycles. The molecule has 0 spiro atoms. The molecule has 2 atom stereocenters. The summed E-state index contributed by atoms with van der Waals surface area (Å²) in [6.45, 7) is 2.65. The van der Waals surface area contributed by atoms with Crippen LogP contribution in [0.4, 0.5) is 4.39 Å². The highest BCUT2D eigenvalue weighted by molar-refractivity contribution is 5.97. The van der Waals surface area contributed by atoms with Crippen molar-refractivity contribution in [1.82, 2.24) is 14.8 Å².